The molecule has 0 aliphatic carbocycles. The molecule has 1 rings (SSSR count). The second-order valence-corrected chi connectivity index (χ2v) is 4.10. The number of nitrogens with one attached hydrogen (secondary N) is 2. The summed E-state index contributed by atoms with van der Waals surface area (Å²) in [5.41, 5.74) is 0.449. The average Bonchev–Trinajstić information content (AvgIpc) is 2.29. The van der Waals surface area contributed by atoms with Crippen LogP contribution in [0.3, 0.4) is 0 Å². The van der Waals surface area contributed by atoms with Crippen molar-refractivity contribution in [1.82, 2.24) is 0 Å². The Labute approximate surface area is 117 Å². The van der Waals surface area contributed by atoms with Crippen molar-refractivity contribution in [2.24, 2.45) is 0 Å². The number of ether oxygens (including phenoxy) is 1. The molecule has 0 atom stereocenters. The van der Waals surface area contributed by atoms with E-state index in [1.807, 2.05) is 0 Å². The molecular formula is C11H10ClF3N2O3. The Morgan fingerprint density at radius 1 is 1.30 bits per heavy atom. The molecule has 0 fully saturated rings. The van der Waals surface area contributed by atoms with Gasteiger partial charge in [-0.05, 0) is 18.2 Å². The van der Waals surface area contributed by atoms with E-state index in [1.165, 1.54) is 25.1 Å². The van der Waals surface area contributed by atoms with Gasteiger partial charge in [0.2, 0.25) is 5.91 Å². The molecular weight excluding hydrogens is 301 g/mol. The highest BCUT2D eigenvalue weighted by Gasteiger charge is 2.29. The maximum Gasteiger partial charge on any atom is 0.422 e. The zero-order valence-electron chi connectivity index (χ0n) is 10.2. The van der Waals surface area contributed by atoms with Crippen LogP contribution in [-0.2, 0) is 9.53 Å². The summed E-state index contributed by atoms with van der Waals surface area (Å²) in [6.45, 7) is -0.395. The lowest BCUT2D eigenvalue weighted by molar-refractivity contribution is -0.159. The first-order valence-corrected chi connectivity index (χ1v) is 5.63. The summed E-state index contributed by atoms with van der Waals surface area (Å²) in [6, 6.07) is 4.01. The minimum atomic E-state index is -4.59. The predicted molar refractivity (Wildman–Crippen MR) is 66.8 cm³/mol. The molecule has 1 aromatic carbocycles. The van der Waals surface area contributed by atoms with Crippen LogP contribution in [0.2, 0.25) is 5.02 Å². The van der Waals surface area contributed by atoms with Gasteiger partial charge in [0.1, 0.15) is 0 Å². The normalized spacial score (nSPS) is 10.8. The molecule has 0 spiro atoms. The van der Waals surface area contributed by atoms with Crippen molar-refractivity contribution >= 4 is 35.0 Å². The van der Waals surface area contributed by atoms with Crippen LogP contribution in [0.1, 0.15) is 6.92 Å². The Kier molecular flexibility index (Phi) is 5.20. The van der Waals surface area contributed by atoms with Gasteiger partial charge < -0.3 is 10.1 Å². The molecule has 0 unspecified atom stereocenters. The van der Waals surface area contributed by atoms with E-state index in [0.29, 0.717) is 5.69 Å². The van der Waals surface area contributed by atoms with E-state index in [4.69, 9.17) is 11.6 Å². The third-order valence-corrected chi connectivity index (χ3v) is 2.21. The van der Waals surface area contributed by atoms with E-state index < -0.39 is 18.9 Å². The molecule has 0 aliphatic rings. The standard InChI is InChI=1S/C11H10ClF3N2O3/c1-6(18)16-9-3-2-7(4-8(9)12)17-10(19)20-5-11(13,14)15/h2-4H,5H2,1H3,(H,16,18)(H,17,19). The van der Waals surface area contributed by atoms with Crippen LogP contribution in [0.5, 0.6) is 0 Å². The van der Waals surface area contributed by atoms with Gasteiger partial charge in [0.25, 0.3) is 0 Å². The molecule has 110 valence electrons. The summed E-state index contributed by atoms with van der Waals surface area (Å²) in [4.78, 5) is 21.9. The van der Waals surface area contributed by atoms with Crippen LogP contribution in [0.25, 0.3) is 0 Å². The maximum absolute atomic E-state index is 11.8. The van der Waals surface area contributed by atoms with Crippen LogP contribution in [0.15, 0.2) is 18.2 Å². The molecule has 0 saturated carbocycles. The number of carbonyl (C=O) groups is 2. The van der Waals surface area contributed by atoms with E-state index in [2.05, 4.69) is 15.4 Å². The van der Waals surface area contributed by atoms with E-state index in [-0.39, 0.29) is 16.6 Å². The third-order valence-electron chi connectivity index (χ3n) is 1.89. The molecule has 0 heterocycles. The number of halogens is 4. The Bertz CT molecular complexity index is 520. The summed E-state index contributed by atoms with van der Waals surface area (Å²) in [6.07, 6.45) is -5.85. The topological polar surface area (TPSA) is 67.4 Å². The number of alkyl halides is 3. The Morgan fingerprint density at radius 2 is 1.95 bits per heavy atom. The monoisotopic (exact) mass is 310 g/mol. The number of rotatable bonds is 3. The number of carbonyl (C=O) groups excluding carboxylic acids is 2. The van der Waals surface area contributed by atoms with Gasteiger partial charge in [-0.1, -0.05) is 11.6 Å². The minimum Gasteiger partial charge on any atom is -0.440 e. The van der Waals surface area contributed by atoms with Crippen molar-refractivity contribution in [2.45, 2.75) is 13.1 Å². The van der Waals surface area contributed by atoms with Gasteiger partial charge in [0.15, 0.2) is 6.61 Å². The molecule has 0 bridgehead atoms. The predicted octanol–water partition coefficient (Wildman–Crippen LogP) is 3.41. The van der Waals surface area contributed by atoms with Crippen molar-refractivity contribution < 1.29 is 27.5 Å². The first-order chi connectivity index (χ1) is 9.17. The van der Waals surface area contributed by atoms with Crippen LogP contribution < -0.4 is 10.6 Å². The van der Waals surface area contributed by atoms with Crippen molar-refractivity contribution in [3.8, 4) is 0 Å². The summed E-state index contributed by atoms with van der Waals surface area (Å²) in [5, 5.41) is 4.63. The lowest BCUT2D eigenvalue weighted by atomic mass is 10.2. The Morgan fingerprint density at radius 3 is 2.45 bits per heavy atom. The highest BCUT2D eigenvalue weighted by Crippen LogP contribution is 2.25. The van der Waals surface area contributed by atoms with Crippen LogP contribution in [0, 0.1) is 0 Å². The molecule has 0 saturated heterocycles. The molecule has 9 heteroatoms. The summed E-state index contributed by atoms with van der Waals surface area (Å²) in [7, 11) is 0. The molecule has 1 aromatic rings. The molecule has 2 amide bonds. The van der Waals surface area contributed by atoms with Crippen molar-refractivity contribution in [3.63, 3.8) is 0 Å². The summed E-state index contributed by atoms with van der Waals surface area (Å²) < 4.78 is 39.4. The molecule has 0 aromatic heterocycles. The van der Waals surface area contributed by atoms with Crippen LogP contribution in [-0.4, -0.2) is 24.8 Å². The fourth-order valence-electron chi connectivity index (χ4n) is 1.19. The van der Waals surface area contributed by atoms with Gasteiger partial charge in [-0.15, -0.1) is 0 Å². The smallest absolute Gasteiger partial charge is 0.422 e. The van der Waals surface area contributed by atoms with Gasteiger partial charge in [-0.25, -0.2) is 4.79 Å². The summed E-state index contributed by atoms with van der Waals surface area (Å²) >= 11 is 5.82. The van der Waals surface area contributed by atoms with Gasteiger partial charge in [-0.2, -0.15) is 13.2 Å². The largest absolute Gasteiger partial charge is 0.440 e. The lowest BCUT2D eigenvalue weighted by Crippen LogP contribution is -2.23. The number of hydrogen-bond acceptors (Lipinski definition) is 3. The maximum atomic E-state index is 11.8. The molecule has 2 N–H and O–H groups in total. The van der Waals surface area contributed by atoms with Gasteiger partial charge in [-0.3, -0.25) is 10.1 Å². The fourth-order valence-corrected chi connectivity index (χ4v) is 1.41. The summed E-state index contributed by atoms with van der Waals surface area (Å²) in [5.74, 6) is -0.336. The highest BCUT2D eigenvalue weighted by molar-refractivity contribution is 6.34. The average molecular weight is 311 g/mol. The first-order valence-electron chi connectivity index (χ1n) is 5.25. The van der Waals surface area contributed by atoms with E-state index >= 15 is 0 Å². The Hall–Kier alpha value is -1.96. The van der Waals surface area contributed by atoms with E-state index in [1.54, 1.807) is 0 Å². The van der Waals surface area contributed by atoms with Crippen molar-refractivity contribution in [3.05, 3.63) is 23.2 Å². The van der Waals surface area contributed by atoms with Crippen molar-refractivity contribution in [2.75, 3.05) is 17.2 Å². The fraction of sp³-hybridized carbons (Fsp3) is 0.273. The first kappa shape index (κ1) is 16.1. The molecule has 0 radical (unpaired) electrons. The van der Waals surface area contributed by atoms with Gasteiger partial charge in [0.05, 0.1) is 10.7 Å². The van der Waals surface area contributed by atoms with E-state index in [9.17, 15) is 22.8 Å². The second kappa shape index (κ2) is 6.47. The number of benzene rings is 1. The molecule has 20 heavy (non-hydrogen) atoms. The minimum absolute atomic E-state index is 0.119. The zero-order chi connectivity index (χ0) is 15.3. The number of anilines is 2. The van der Waals surface area contributed by atoms with Gasteiger partial charge >= 0.3 is 12.3 Å². The van der Waals surface area contributed by atoms with E-state index in [0.717, 1.165) is 0 Å². The number of hydrogen-bond donors (Lipinski definition) is 2. The Balaban J connectivity index is 2.63. The molecule has 0 aliphatic heterocycles. The molecule has 5 nitrogen and oxygen atoms in total. The third kappa shape index (κ3) is 5.79. The SMILES string of the molecule is CC(=O)Nc1ccc(NC(=O)OCC(F)(F)F)cc1Cl. The second-order valence-electron chi connectivity index (χ2n) is 3.69. The number of amides is 2. The van der Waals surface area contributed by atoms with Crippen LogP contribution in [0.4, 0.5) is 29.3 Å². The van der Waals surface area contributed by atoms with Gasteiger partial charge in [0, 0.05) is 12.6 Å². The van der Waals surface area contributed by atoms with Crippen molar-refractivity contribution in [1.29, 1.82) is 0 Å². The lowest BCUT2D eigenvalue weighted by Gasteiger charge is -2.10. The quantitative estimate of drug-likeness (QED) is 0.899. The highest BCUT2D eigenvalue weighted by atomic mass is 35.5. The van der Waals surface area contributed by atoms with Crippen LogP contribution >= 0.6 is 11.6 Å². The zero-order valence-corrected chi connectivity index (χ0v) is 10.9.